The van der Waals surface area contributed by atoms with Crippen LogP contribution in [0.25, 0.3) is 0 Å². The Labute approximate surface area is 100 Å². The van der Waals surface area contributed by atoms with E-state index in [0.717, 1.165) is 4.31 Å². The third kappa shape index (κ3) is 3.74. The first-order valence-corrected chi connectivity index (χ1v) is 6.38. The number of aliphatic hydroxyl groups is 1. The minimum absolute atomic E-state index is 0.0638. The van der Waals surface area contributed by atoms with Crippen molar-refractivity contribution in [1.29, 1.82) is 0 Å². The highest BCUT2D eigenvalue weighted by Gasteiger charge is 2.17. The van der Waals surface area contributed by atoms with E-state index < -0.39 is 22.1 Å². The molecule has 0 bridgehead atoms. The van der Waals surface area contributed by atoms with Gasteiger partial charge in [-0.25, -0.2) is 4.39 Å². The summed E-state index contributed by atoms with van der Waals surface area (Å²) in [4.78, 5) is 0. The molecule has 0 heterocycles. The van der Waals surface area contributed by atoms with Gasteiger partial charge >= 0.3 is 0 Å². The predicted molar refractivity (Wildman–Crippen MR) is 62.0 cm³/mol. The van der Waals surface area contributed by atoms with Crippen LogP contribution in [-0.4, -0.2) is 38.5 Å². The Kier molecular flexibility index (Phi) is 4.58. The summed E-state index contributed by atoms with van der Waals surface area (Å²) in [6, 6.07) is 5.68. The first kappa shape index (κ1) is 14.0. The third-order valence-corrected chi connectivity index (χ3v) is 3.70. The second-order valence-corrected chi connectivity index (χ2v) is 5.64. The average molecular weight is 262 g/mol. The lowest BCUT2D eigenvalue weighted by Crippen LogP contribution is -2.37. The SMILES string of the molecule is CN(C)S(=O)(=O)NCC(O)c1ccccc1F. The Morgan fingerprint density at radius 3 is 2.53 bits per heavy atom. The fourth-order valence-electron chi connectivity index (χ4n) is 1.17. The molecule has 0 aromatic heterocycles. The molecule has 96 valence electrons. The van der Waals surface area contributed by atoms with Crippen molar-refractivity contribution in [2.24, 2.45) is 0 Å². The van der Waals surface area contributed by atoms with E-state index in [1.54, 1.807) is 6.07 Å². The second-order valence-electron chi connectivity index (χ2n) is 3.67. The first-order chi connectivity index (χ1) is 7.84. The molecule has 1 atom stereocenters. The van der Waals surface area contributed by atoms with Crippen LogP contribution >= 0.6 is 0 Å². The minimum Gasteiger partial charge on any atom is -0.387 e. The highest BCUT2D eigenvalue weighted by molar-refractivity contribution is 7.87. The van der Waals surface area contributed by atoms with Crippen LogP contribution in [0.15, 0.2) is 24.3 Å². The van der Waals surface area contributed by atoms with E-state index >= 15 is 0 Å². The lowest BCUT2D eigenvalue weighted by molar-refractivity contribution is 0.176. The van der Waals surface area contributed by atoms with Gasteiger partial charge in [0.1, 0.15) is 5.82 Å². The van der Waals surface area contributed by atoms with Crippen molar-refractivity contribution in [3.8, 4) is 0 Å². The lowest BCUT2D eigenvalue weighted by atomic mass is 10.1. The largest absolute Gasteiger partial charge is 0.387 e. The van der Waals surface area contributed by atoms with E-state index in [9.17, 15) is 17.9 Å². The van der Waals surface area contributed by atoms with Gasteiger partial charge in [-0.3, -0.25) is 0 Å². The molecule has 0 amide bonds. The molecular formula is C10H15FN2O3S. The number of nitrogens with one attached hydrogen (secondary N) is 1. The van der Waals surface area contributed by atoms with Crippen molar-refractivity contribution < 1.29 is 17.9 Å². The molecule has 2 N–H and O–H groups in total. The van der Waals surface area contributed by atoms with Gasteiger partial charge in [-0.15, -0.1) is 0 Å². The molecule has 7 heteroatoms. The zero-order valence-corrected chi connectivity index (χ0v) is 10.4. The van der Waals surface area contributed by atoms with Gasteiger partial charge in [-0.05, 0) is 6.07 Å². The molecule has 0 fully saturated rings. The maximum atomic E-state index is 13.3. The smallest absolute Gasteiger partial charge is 0.279 e. The van der Waals surface area contributed by atoms with Crippen molar-refractivity contribution in [2.45, 2.75) is 6.10 Å². The minimum atomic E-state index is -3.61. The Morgan fingerprint density at radius 1 is 1.41 bits per heavy atom. The van der Waals surface area contributed by atoms with Gasteiger partial charge in [-0.1, -0.05) is 18.2 Å². The summed E-state index contributed by atoms with van der Waals surface area (Å²) in [7, 11) is -0.895. The second kappa shape index (κ2) is 5.54. The Balaban J connectivity index is 2.69. The fraction of sp³-hybridized carbons (Fsp3) is 0.400. The highest BCUT2D eigenvalue weighted by Crippen LogP contribution is 2.15. The average Bonchev–Trinajstić information content (AvgIpc) is 2.26. The van der Waals surface area contributed by atoms with Gasteiger partial charge < -0.3 is 5.11 Å². The summed E-state index contributed by atoms with van der Waals surface area (Å²) >= 11 is 0. The van der Waals surface area contributed by atoms with Crippen LogP contribution in [0, 0.1) is 5.82 Å². The number of rotatable bonds is 5. The quantitative estimate of drug-likeness (QED) is 0.799. The molecule has 1 aromatic rings. The molecule has 17 heavy (non-hydrogen) atoms. The fourth-order valence-corrected chi connectivity index (χ4v) is 1.80. The van der Waals surface area contributed by atoms with Crippen LogP contribution in [0.2, 0.25) is 0 Å². The molecule has 0 saturated heterocycles. The monoisotopic (exact) mass is 262 g/mol. The normalized spacial score (nSPS) is 13.9. The van der Waals surface area contributed by atoms with E-state index in [0.29, 0.717) is 0 Å². The molecule has 0 aliphatic carbocycles. The predicted octanol–water partition coefficient (Wildman–Crippen LogP) is 0.255. The van der Waals surface area contributed by atoms with Crippen molar-refractivity contribution in [3.63, 3.8) is 0 Å². The van der Waals surface area contributed by atoms with Crippen LogP contribution in [0.1, 0.15) is 11.7 Å². The van der Waals surface area contributed by atoms with E-state index in [-0.39, 0.29) is 12.1 Å². The topological polar surface area (TPSA) is 69.6 Å². The van der Waals surface area contributed by atoms with E-state index in [2.05, 4.69) is 4.72 Å². The number of nitrogens with zero attached hydrogens (tertiary/aromatic N) is 1. The standard InChI is InChI=1S/C10H15FN2O3S/c1-13(2)17(15,16)12-7-10(14)8-5-3-4-6-9(8)11/h3-6,10,12,14H,7H2,1-2H3. The number of benzene rings is 1. The summed E-state index contributed by atoms with van der Waals surface area (Å²) in [5.41, 5.74) is 0.0638. The molecule has 0 saturated carbocycles. The Bertz CT molecular complexity index is 476. The number of hydrogen-bond donors (Lipinski definition) is 2. The molecule has 0 spiro atoms. The van der Waals surface area contributed by atoms with Crippen LogP contribution in [0.5, 0.6) is 0 Å². The van der Waals surface area contributed by atoms with Gasteiger partial charge in [0.2, 0.25) is 0 Å². The lowest BCUT2D eigenvalue weighted by Gasteiger charge is -2.16. The van der Waals surface area contributed by atoms with Gasteiger partial charge in [0.15, 0.2) is 0 Å². The Morgan fingerprint density at radius 2 is 2.00 bits per heavy atom. The van der Waals surface area contributed by atoms with Gasteiger partial charge in [0.05, 0.1) is 6.10 Å². The summed E-state index contributed by atoms with van der Waals surface area (Å²) in [5, 5.41) is 9.66. The molecule has 0 aliphatic rings. The van der Waals surface area contributed by atoms with Crippen molar-refractivity contribution >= 4 is 10.2 Å². The molecule has 1 rings (SSSR count). The van der Waals surface area contributed by atoms with Gasteiger partial charge in [0, 0.05) is 26.2 Å². The maximum absolute atomic E-state index is 13.3. The Hall–Kier alpha value is -1.02. The summed E-state index contributed by atoms with van der Waals surface area (Å²) in [6.45, 7) is -0.276. The first-order valence-electron chi connectivity index (χ1n) is 4.94. The summed E-state index contributed by atoms with van der Waals surface area (Å²) in [5.74, 6) is -0.566. The van der Waals surface area contributed by atoms with Crippen molar-refractivity contribution in [2.75, 3.05) is 20.6 Å². The molecular weight excluding hydrogens is 247 g/mol. The molecule has 1 unspecified atom stereocenters. The number of halogens is 1. The van der Waals surface area contributed by atoms with Crippen molar-refractivity contribution in [3.05, 3.63) is 35.6 Å². The zero-order valence-electron chi connectivity index (χ0n) is 9.59. The number of aliphatic hydroxyl groups excluding tert-OH is 1. The van der Waals surface area contributed by atoms with Crippen molar-refractivity contribution in [1.82, 2.24) is 9.03 Å². The van der Waals surface area contributed by atoms with Crippen LogP contribution in [0.3, 0.4) is 0 Å². The van der Waals surface area contributed by atoms with E-state index in [1.165, 1.54) is 32.3 Å². The molecule has 0 aliphatic heterocycles. The van der Waals surface area contributed by atoms with Crippen LogP contribution < -0.4 is 4.72 Å². The zero-order chi connectivity index (χ0) is 13.1. The summed E-state index contributed by atoms with van der Waals surface area (Å²) < 4.78 is 39.1. The molecule has 1 aromatic carbocycles. The van der Waals surface area contributed by atoms with Crippen LogP contribution in [0.4, 0.5) is 4.39 Å². The highest BCUT2D eigenvalue weighted by atomic mass is 32.2. The maximum Gasteiger partial charge on any atom is 0.279 e. The molecule has 0 radical (unpaired) electrons. The third-order valence-electron chi connectivity index (χ3n) is 2.20. The van der Waals surface area contributed by atoms with E-state index in [1.807, 2.05) is 0 Å². The molecule has 5 nitrogen and oxygen atoms in total. The summed E-state index contributed by atoms with van der Waals surface area (Å²) in [6.07, 6.45) is -1.22. The van der Waals surface area contributed by atoms with E-state index in [4.69, 9.17) is 0 Å². The van der Waals surface area contributed by atoms with Gasteiger partial charge in [-0.2, -0.15) is 17.4 Å². The number of hydrogen-bond acceptors (Lipinski definition) is 3. The van der Waals surface area contributed by atoms with Gasteiger partial charge in [0.25, 0.3) is 10.2 Å². The van der Waals surface area contributed by atoms with Crippen LogP contribution in [-0.2, 0) is 10.2 Å².